The first-order valence-corrected chi connectivity index (χ1v) is 8.86. The van der Waals surface area contributed by atoms with E-state index in [2.05, 4.69) is 5.32 Å². The lowest BCUT2D eigenvalue weighted by atomic mass is 10.2. The van der Waals surface area contributed by atoms with Crippen LogP contribution in [0.15, 0.2) is 48.5 Å². The lowest BCUT2D eigenvalue weighted by Gasteiger charge is -2.19. The van der Waals surface area contributed by atoms with E-state index in [0.29, 0.717) is 24.5 Å². The van der Waals surface area contributed by atoms with E-state index in [1.807, 2.05) is 57.2 Å². The molecule has 0 aromatic heterocycles. The lowest BCUT2D eigenvalue weighted by Crippen LogP contribution is -2.37. The molecule has 2 aromatic carbocycles. The van der Waals surface area contributed by atoms with Crippen LogP contribution in [0.1, 0.15) is 32.8 Å². The summed E-state index contributed by atoms with van der Waals surface area (Å²) in [6.07, 6.45) is 0.0837. The van der Waals surface area contributed by atoms with Gasteiger partial charge in [0.25, 0.3) is 5.91 Å². The second-order valence-corrected chi connectivity index (χ2v) is 6.20. The Balaban J connectivity index is 1.97. The van der Waals surface area contributed by atoms with Gasteiger partial charge in [-0.25, -0.2) is 0 Å². The van der Waals surface area contributed by atoms with Gasteiger partial charge in [0.1, 0.15) is 5.75 Å². The number of methoxy groups -OCH3 is 1. The van der Waals surface area contributed by atoms with Gasteiger partial charge in [0.05, 0.1) is 13.2 Å². The molecule has 0 fully saturated rings. The van der Waals surface area contributed by atoms with Gasteiger partial charge >= 0.3 is 0 Å². The summed E-state index contributed by atoms with van der Waals surface area (Å²) in [7, 11) is 1.58. The smallest absolute Gasteiger partial charge is 0.261 e. The third-order valence-corrected chi connectivity index (χ3v) is 3.74. The minimum absolute atomic E-state index is 0.110. The van der Waals surface area contributed by atoms with Crippen LogP contribution >= 0.6 is 0 Å². The third kappa shape index (κ3) is 5.69. The standard InChI is InChI=1S/C21H27NO4/c1-5-18(26-20-12-7-6-11-19(20)24-4)21(23)22-14-16-9-8-10-17(13-16)25-15(2)3/h6-13,15,18H,5,14H2,1-4H3,(H,22,23). The number of carbonyl (C=O) groups excluding carboxylic acids is 1. The van der Waals surface area contributed by atoms with Crippen LogP contribution in [0.5, 0.6) is 17.2 Å². The molecule has 0 aliphatic heterocycles. The minimum Gasteiger partial charge on any atom is -0.493 e. The molecule has 0 aliphatic rings. The molecular weight excluding hydrogens is 330 g/mol. The highest BCUT2D eigenvalue weighted by molar-refractivity contribution is 5.81. The fourth-order valence-corrected chi connectivity index (χ4v) is 2.50. The van der Waals surface area contributed by atoms with E-state index in [-0.39, 0.29) is 12.0 Å². The first kappa shape index (κ1) is 19.6. The maximum absolute atomic E-state index is 12.5. The average Bonchev–Trinajstić information content (AvgIpc) is 2.64. The summed E-state index contributed by atoms with van der Waals surface area (Å²) < 4.78 is 16.8. The zero-order valence-electron chi connectivity index (χ0n) is 15.8. The predicted octanol–water partition coefficient (Wildman–Crippen LogP) is 3.96. The number of rotatable bonds is 9. The normalized spacial score (nSPS) is 11.7. The summed E-state index contributed by atoms with van der Waals surface area (Å²) in [5, 5.41) is 2.93. The zero-order chi connectivity index (χ0) is 18.9. The van der Waals surface area contributed by atoms with Gasteiger partial charge in [0.15, 0.2) is 17.6 Å². The fourth-order valence-electron chi connectivity index (χ4n) is 2.50. The number of hydrogen-bond acceptors (Lipinski definition) is 4. The summed E-state index contributed by atoms with van der Waals surface area (Å²) in [6.45, 7) is 6.29. The number of hydrogen-bond donors (Lipinski definition) is 1. The Morgan fingerprint density at radius 2 is 1.77 bits per heavy atom. The third-order valence-electron chi connectivity index (χ3n) is 3.74. The van der Waals surface area contributed by atoms with Crippen LogP contribution in [0.2, 0.25) is 0 Å². The first-order valence-electron chi connectivity index (χ1n) is 8.86. The first-order chi connectivity index (χ1) is 12.5. The van der Waals surface area contributed by atoms with Crippen molar-refractivity contribution in [3.63, 3.8) is 0 Å². The molecule has 1 amide bonds. The molecule has 0 saturated carbocycles. The molecule has 140 valence electrons. The van der Waals surface area contributed by atoms with Crippen molar-refractivity contribution in [2.45, 2.75) is 45.9 Å². The predicted molar refractivity (Wildman–Crippen MR) is 102 cm³/mol. The molecule has 0 spiro atoms. The van der Waals surface area contributed by atoms with Gasteiger partial charge in [0, 0.05) is 6.54 Å². The van der Waals surface area contributed by atoms with Crippen molar-refractivity contribution in [1.82, 2.24) is 5.32 Å². The van der Waals surface area contributed by atoms with Gasteiger partial charge in [-0.2, -0.15) is 0 Å². The van der Waals surface area contributed by atoms with Crippen molar-refractivity contribution in [1.29, 1.82) is 0 Å². The molecule has 0 bridgehead atoms. The number of amides is 1. The number of ether oxygens (including phenoxy) is 3. The quantitative estimate of drug-likeness (QED) is 0.738. The van der Waals surface area contributed by atoms with Crippen LogP contribution in [0.3, 0.4) is 0 Å². The van der Waals surface area contributed by atoms with Gasteiger partial charge in [-0.1, -0.05) is 31.2 Å². The van der Waals surface area contributed by atoms with Gasteiger partial charge in [0.2, 0.25) is 0 Å². The van der Waals surface area contributed by atoms with E-state index >= 15 is 0 Å². The number of carbonyl (C=O) groups is 1. The molecule has 5 nitrogen and oxygen atoms in total. The Labute approximate surface area is 155 Å². The van der Waals surface area contributed by atoms with Crippen LogP contribution in [-0.2, 0) is 11.3 Å². The Morgan fingerprint density at radius 1 is 1.04 bits per heavy atom. The molecule has 5 heteroatoms. The van der Waals surface area contributed by atoms with Crippen molar-refractivity contribution in [3.8, 4) is 17.2 Å². The molecular formula is C21H27NO4. The topological polar surface area (TPSA) is 56.8 Å². The number of benzene rings is 2. The highest BCUT2D eigenvalue weighted by Gasteiger charge is 2.19. The molecule has 1 N–H and O–H groups in total. The minimum atomic E-state index is -0.582. The molecule has 2 rings (SSSR count). The van der Waals surface area contributed by atoms with E-state index in [4.69, 9.17) is 14.2 Å². The van der Waals surface area contributed by atoms with Crippen LogP contribution in [0.25, 0.3) is 0 Å². The van der Waals surface area contributed by atoms with Crippen molar-refractivity contribution < 1.29 is 19.0 Å². The molecule has 26 heavy (non-hydrogen) atoms. The van der Waals surface area contributed by atoms with Crippen molar-refractivity contribution in [2.75, 3.05) is 7.11 Å². The zero-order valence-corrected chi connectivity index (χ0v) is 15.8. The number of para-hydroxylation sites is 2. The number of nitrogens with one attached hydrogen (secondary N) is 1. The Morgan fingerprint density at radius 3 is 2.42 bits per heavy atom. The molecule has 0 heterocycles. The SMILES string of the molecule is CCC(Oc1ccccc1OC)C(=O)NCc1cccc(OC(C)C)c1. The van der Waals surface area contributed by atoms with Crippen molar-refractivity contribution in [2.24, 2.45) is 0 Å². The summed E-state index contributed by atoms with van der Waals surface area (Å²) in [6, 6.07) is 15.0. The Hall–Kier alpha value is -2.69. The van der Waals surface area contributed by atoms with E-state index < -0.39 is 6.10 Å². The van der Waals surface area contributed by atoms with E-state index in [1.165, 1.54) is 0 Å². The largest absolute Gasteiger partial charge is 0.493 e. The molecule has 0 aliphatic carbocycles. The van der Waals surface area contributed by atoms with Crippen LogP contribution in [-0.4, -0.2) is 25.2 Å². The highest BCUT2D eigenvalue weighted by atomic mass is 16.5. The summed E-state index contributed by atoms with van der Waals surface area (Å²) in [5.74, 6) is 1.80. The lowest BCUT2D eigenvalue weighted by molar-refractivity contribution is -0.128. The van der Waals surface area contributed by atoms with E-state index in [1.54, 1.807) is 19.2 Å². The van der Waals surface area contributed by atoms with Crippen LogP contribution in [0, 0.1) is 0 Å². The maximum Gasteiger partial charge on any atom is 0.261 e. The second kappa shape index (κ2) is 9.70. The summed E-state index contributed by atoms with van der Waals surface area (Å²) in [5.41, 5.74) is 0.976. The van der Waals surface area contributed by atoms with Gasteiger partial charge in [-0.15, -0.1) is 0 Å². The Bertz CT molecular complexity index is 715. The maximum atomic E-state index is 12.5. The van der Waals surface area contributed by atoms with E-state index in [9.17, 15) is 4.79 Å². The monoisotopic (exact) mass is 357 g/mol. The highest BCUT2D eigenvalue weighted by Crippen LogP contribution is 2.27. The summed E-state index contributed by atoms with van der Waals surface area (Å²) >= 11 is 0. The van der Waals surface area contributed by atoms with Crippen LogP contribution in [0.4, 0.5) is 0 Å². The second-order valence-electron chi connectivity index (χ2n) is 6.20. The van der Waals surface area contributed by atoms with Crippen LogP contribution < -0.4 is 19.5 Å². The average molecular weight is 357 g/mol. The van der Waals surface area contributed by atoms with E-state index in [0.717, 1.165) is 11.3 Å². The van der Waals surface area contributed by atoms with Gasteiger partial charge < -0.3 is 19.5 Å². The van der Waals surface area contributed by atoms with Crippen molar-refractivity contribution in [3.05, 3.63) is 54.1 Å². The van der Waals surface area contributed by atoms with Gasteiger partial charge in [-0.05, 0) is 50.1 Å². The summed E-state index contributed by atoms with van der Waals surface area (Å²) in [4.78, 5) is 12.5. The molecule has 0 radical (unpaired) electrons. The Kier molecular flexibility index (Phi) is 7.33. The van der Waals surface area contributed by atoms with Gasteiger partial charge in [-0.3, -0.25) is 4.79 Å². The molecule has 2 aromatic rings. The molecule has 1 unspecified atom stereocenters. The van der Waals surface area contributed by atoms with Crippen molar-refractivity contribution >= 4 is 5.91 Å². The molecule has 1 atom stereocenters. The molecule has 0 saturated heterocycles. The fraction of sp³-hybridized carbons (Fsp3) is 0.381.